The van der Waals surface area contributed by atoms with Crippen LogP contribution >= 0.6 is 0 Å². The van der Waals surface area contributed by atoms with Crippen LogP contribution in [0.5, 0.6) is 0 Å². The summed E-state index contributed by atoms with van der Waals surface area (Å²) in [6.45, 7) is 4.25. The summed E-state index contributed by atoms with van der Waals surface area (Å²) in [6, 6.07) is 21.0. The summed E-state index contributed by atoms with van der Waals surface area (Å²) in [5.74, 6) is -0.0260. The van der Waals surface area contributed by atoms with Gasteiger partial charge in [-0.2, -0.15) is 0 Å². The van der Waals surface area contributed by atoms with E-state index >= 15 is 0 Å². The third kappa shape index (κ3) is 3.82. The molecule has 0 bridgehead atoms. The Kier molecular flexibility index (Phi) is 4.99. The van der Waals surface area contributed by atoms with Crippen LogP contribution in [0.4, 0.5) is 5.69 Å². The molecule has 146 valence electrons. The lowest BCUT2D eigenvalue weighted by Gasteiger charge is -2.24. The molecule has 2 aromatic heterocycles. The fourth-order valence-electron chi connectivity index (χ4n) is 3.56. The molecular weight excluding hydrogens is 364 g/mol. The number of rotatable bonds is 5. The summed E-state index contributed by atoms with van der Waals surface area (Å²) in [5.41, 5.74) is 4.65. The minimum Gasteiger partial charge on any atom is -0.308 e. The molecule has 6 heteroatoms. The first-order valence-electron chi connectivity index (χ1n) is 9.50. The summed E-state index contributed by atoms with van der Waals surface area (Å²) >= 11 is 0. The van der Waals surface area contributed by atoms with Crippen LogP contribution in [-0.4, -0.2) is 20.5 Å². The predicted molar refractivity (Wildman–Crippen MR) is 113 cm³/mol. The Labute approximate surface area is 168 Å². The maximum Gasteiger partial charge on any atom is 0.266 e. The van der Waals surface area contributed by atoms with Crippen molar-refractivity contribution in [3.8, 4) is 0 Å². The topological polar surface area (TPSA) is 70.5 Å². The van der Waals surface area contributed by atoms with Crippen molar-refractivity contribution in [3.05, 3.63) is 99.6 Å². The highest BCUT2D eigenvalue weighted by molar-refractivity contribution is 5.95. The van der Waals surface area contributed by atoms with Gasteiger partial charge in [0.1, 0.15) is 0 Å². The molecule has 0 spiro atoms. The number of fused-ring (bicyclic) bond motifs is 1. The second kappa shape index (κ2) is 7.75. The highest BCUT2D eigenvalue weighted by atomic mass is 16.2. The molecule has 4 rings (SSSR count). The Morgan fingerprint density at radius 3 is 2.38 bits per heavy atom. The average molecular weight is 386 g/mol. The highest BCUT2D eigenvalue weighted by Gasteiger charge is 2.20. The Morgan fingerprint density at radius 1 is 1.03 bits per heavy atom. The molecule has 0 saturated carbocycles. The Hall–Kier alpha value is -3.67. The smallest absolute Gasteiger partial charge is 0.266 e. The van der Waals surface area contributed by atoms with Gasteiger partial charge in [0.15, 0.2) is 5.65 Å². The minimum absolute atomic E-state index is 0.0260. The SMILES string of the molecule is Cc1nc2cc(=O)[nH]n2c(C)c1CC(=O)N(Cc1ccccc1)c1ccccc1. The van der Waals surface area contributed by atoms with Crippen molar-refractivity contribution in [3.63, 3.8) is 0 Å². The maximum absolute atomic E-state index is 13.4. The van der Waals surface area contributed by atoms with Gasteiger partial charge in [0.05, 0.1) is 13.0 Å². The fraction of sp³-hybridized carbons (Fsp3) is 0.174. The summed E-state index contributed by atoms with van der Waals surface area (Å²) in [7, 11) is 0. The molecule has 4 aromatic rings. The number of aromatic amines is 1. The first-order valence-corrected chi connectivity index (χ1v) is 9.50. The Morgan fingerprint density at radius 2 is 1.69 bits per heavy atom. The van der Waals surface area contributed by atoms with E-state index in [0.717, 1.165) is 28.2 Å². The van der Waals surface area contributed by atoms with Crippen molar-refractivity contribution in [1.29, 1.82) is 0 Å². The van der Waals surface area contributed by atoms with E-state index in [1.165, 1.54) is 6.07 Å². The zero-order valence-electron chi connectivity index (χ0n) is 16.4. The second-order valence-corrected chi connectivity index (χ2v) is 7.05. The van der Waals surface area contributed by atoms with Gasteiger partial charge in [-0.1, -0.05) is 48.5 Å². The van der Waals surface area contributed by atoms with Crippen LogP contribution in [0.3, 0.4) is 0 Å². The molecule has 2 heterocycles. The number of anilines is 1. The number of H-pyrrole nitrogens is 1. The molecular formula is C23H22N4O2. The Balaban J connectivity index is 1.70. The fourth-order valence-corrected chi connectivity index (χ4v) is 3.56. The number of carbonyl (C=O) groups is 1. The molecule has 0 radical (unpaired) electrons. The van der Waals surface area contributed by atoms with Gasteiger partial charge in [-0.15, -0.1) is 0 Å². The molecule has 6 nitrogen and oxygen atoms in total. The van der Waals surface area contributed by atoms with Gasteiger partial charge in [-0.3, -0.25) is 14.7 Å². The van der Waals surface area contributed by atoms with Crippen LogP contribution in [0.2, 0.25) is 0 Å². The molecule has 0 aliphatic rings. The summed E-state index contributed by atoms with van der Waals surface area (Å²) in [5, 5.41) is 2.74. The van der Waals surface area contributed by atoms with Gasteiger partial charge in [0.2, 0.25) is 5.91 Å². The molecule has 0 saturated heterocycles. The minimum atomic E-state index is -0.210. The summed E-state index contributed by atoms with van der Waals surface area (Å²) in [6.07, 6.45) is 0.197. The number of carbonyl (C=O) groups excluding carboxylic acids is 1. The number of nitrogens with zero attached hydrogens (tertiary/aromatic N) is 3. The van der Waals surface area contributed by atoms with Crippen LogP contribution < -0.4 is 10.5 Å². The summed E-state index contributed by atoms with van der Waals surface area (Å²) < 4.78 is 1.64. The van der Waals surface area contributed by atoms with E-state index in [4.69, 9.17) is 0 Å². The van der Waals surface area contributed by atoms with Gasteiger partial charge in [-0.05, 0) is 31.5 Å². The quantitative estimate of drug-likeness (QED) is 0.571. The van der Waals surface area contributed by atoms with E-state index in [9.17, 15) is 9.59 Å². The van der Waals surface area contributed by atoms with Crippen molar-refractivity contribution < 1.29 is 4.79 Å². The second-order valence-electron chi connectivity index (χ2n) is 7.05. The van der Waals surface area contributed by atoms with Crippen molar-refractivity contribution in [2.75, 3.05) is 4.90 Å². The van der Waals surface area contributed by atoms with Gasteiger partial charge in [0.25, 0.3) is 5.56 Å². The number of nitrogens with one attached hydrogen (secondary N) is 1. The van der Waals surface area contributed by atoms with Crippen LogP contribution in [0.1, 0.15) is 22.5 Å². The zero-order valence-corrected chi connectivity index (χ0v) is 16.4. The van der Waals surface area contributed by atoms with E-state index in [-0.39, 0.29) is 17.9 Å². The van der Waals surface area contributed by atoms with Gasteiger partial charge >= 0.3 is 0 Å². The van der Waals surface area contributed by atoms with Crippen molar-refractivity contribution in [2.24, 2.45) is 0 Å². The molecule has 0 aliphatic heterocycles. The van der Waals surface area contributed by atoms with Crippen LogP contribution in [0.25, 0.3) is 5.65 Å². The van der Waals surface area contributed by atoms with Crippen molar-refractivity contribution in [1.82, 2.24) is 14.6 Å². The van der Waals surface area contributed by atoms with Crippen LogP contribution in [-0.2, 0) is 17.8 Å². The van der Waals surface area contributed by atoms with Gasteiger partial charge < -0.3 is 4.90 Å². The van der Waals surface area contributed by atoms with Crippen molar-refractivity contribution in [2.45, 2.75) is 26.8 Å². The lowest BCUT2D eigenvalue weighted by Crippen LogP contribution is -2.32. The predicted octanol–water partition coefficient (Wildman–Crippen LogP) is 3.42. The van der Waals surface area contributed by atoms with E-state index < -0.39 is 0 Å². The molecule has 1 amide bonds. The molecule has 0 unspecified atom stereocenters. The number of para-hydroxylation sites is 1. The molecule has 0 atom stereocenters. The van der Waals surface area contributed by atoms with E-state index in [1.807, 2.05) is 74.5 Å². The number of hydrogen-bond donors (Lipinski definition) is 1. The Bertz CT molecular complexity index is 1210. The third-order valence-electron chi connectivity index (χ3n) is 5.08. The van der Waals surface area contributed by atoms with Gasteiger partial charge in [0, 0.05) is 28.7 Å². The number of benzene rings is 2. The number of aromatic nitrogens is 3. The first kappa shape index (κ1) is 18.7. The number of hydrogen-bond acceptors (Lipinski definition) is 3. The highest BCUT2D eigenvalue weighted by Crippen LogP contribution is 2.21. The monoisotopic (exact) mass is 386 g/mol. The van der Waals surface area contributed by atoms with E-state index in [0.29, 0.717) is 12.2 Å². The average Bonchev–Trinajstić information content (AvgIpc) is 3.11. The molecule has 2 aromatic carbocycles. The lowest BCUT2D eigenvalue weighted by atomic mass is 10.1. The largest absolute Gasteiger partial charge is 0.308 e. The number of aryl methyl sites for hydroxylation is 2. The molecule has 1 N–H and O–H groups in total. The maximum atomic E-state index is 13.4. The molecule has 0 fully saturated rings. The van der Waals surface area contributed by atoms with Gasteiger partial charge in [-0.25, -0.2) is 9.50 Å². The first-order chi connectivity index (χ1) is 14.0. The number of amides is 1. The lowest BCUT2D eigenvalue weighted by molar-refractivity contribution is -0.118. The molecule has 0 aliphatic carbocycles. The zero-order chi connectivity index (χ0) is 20.4. The normalized spacial score (nSPS) is 11.0. The van der Waals surface area contributed by atoms with E-state index in [1.54, 1.807) is 9.42 Å². The van der Waals surface area contributed by atoms with E-state index in [2.05, 4.69) is 10.1 Å². The van der Waals surface area contributed by atoms with Crippen LogP contribution in [0.15, 0.2) is 71.5 Å². The standard InChI is InChI=1S/C23H22N4O2/c1-16-20(17(2)27-21(24-16)14-22(28)25-27)13-23(29)26(19-11-7-4-8-12-19)15-18-9-5-3-6-10-18/h3-12,14H,13,15H2,1-2H3,(H,25,28). The van der Waals surface area contributed by atoms with Crippen molar-refractivity contribution >= 4 is 17.2 Å². The third-order valence-corrected chi connectivity index (χ3v) is 5.08. The van der Waals surface area contributed by atoms with Crippen LogP contribution in [0, 0.1) is 13.8 Å². The summed E-state index contributed by atoms with van der Waals surface area (Å²) in [4.78, 5) is 31.3. The molecule has 29 heavy (non-hydrogen) atoms.